The Kier molecular flexibility index (Phi) is 5.66. The molecule has 1 fully saturated rings. The van der Waals surface area contributed by atoms with E-state index in [1.54, 1.807) is 19.1 Å². The second-order valence-electron chi connectivity index (χ2n) is 5.70. The van der Waals surface area contributed by atoms with Crippen molar-refractivity contribution in [1.29, 1.82) is 0 Å². The summed E-state index contributed by atoms with van der Waals surface area (Å²) in [5.74, 6) is 1.55. The van der Waals surface area contributed by atoms with Gasteiger partial charge in [-0.2, -0.15) is 0 Å². The van der Waals surface area contributed by atoms with Gasteiger partial charge in [0.2, 0.25) is 5.91 Å². The number of nitrogens with zero attached hydrogens (tertiary/aromatic N) is 1. The quantitative estimate of drug-likeness (QED) is 0.838. The van der Waals surface area contributed by atoms with Crippen molar-refractivity contribution in [2.75, 3.05) is 27.9 Å². The maximum atomic E-state index is 12.6. The molecule has 1 heterocycles. The molecule has 1 aromatic rings. The van der Waals surface area contributed by atoms with E-state index < -0.39 is 0 Å². The minimum Gasteiger partial charge on any atom is -0.497 e. The molecule has 2 atom stereocenters. The monoisotopic (exact) mass is 307 g/mol. The number of methoxy groups -OCH3 is 2. The van der Waals surface area contributed by atoms with Gasteiger partial charge in [-0.15, -0.1) is 0 Å². The summed E-state index contributed by atoms with van der Waals surface area (Å²) in [6.07, 6.45) is 1.83. The van der Waals surface area contributed by atoms with E-state index in [1.165, 1.54) is 0 Å². The highest BCUT2D eigenvalue weighted by atomic mass is 16.5. The molecule has 1 saturated heterocycles. The Morgan fingerprint density at radius 3 is 2.77 bits per heavy atom. The lowest BCUT2D eigenvalue weighted by Gasteiger charge is -2.31. The maximum absolute atomic E-state index is 12.6. The Hall–Kier alpha value is -1.75. The average Bonchev–Trinajstić information content (AvgIpc) is 2.55. The van der Waals surface area contributed by atoms with Crippen molar-refractivity contribution >= 4 is 5.91 Å². The molecule has 0 aromatic heterocycles. The van der Waals surface area contributed by atoms with E-state index in [4.69, 9.17) is 14.2 Å². The summed E-state index contributed by atoms with van der Waals surface area (Å²) in [5, 5.41) is 0. The van der Waals surface area contributed by atoms with Gasteiger partial charge in [0.1, 0.15) is 11.5 Å². The fourth-order valence-corrected chi connectivity index (χ4v) is 2.85. The highest BCUT2D eigenvalue weighted by Crippen LogP contribution is 2.27. The van der Waals surface area contributed by atoms with E-state index in [-0.39, 0.29) is 17.9 Å². The number of hydrogen-bond acceptors (Lipinski definition) is 4. The lowest BCUT2D eigenvalue weighted by Crippen LogP contribution is -2.40. The van der Waals surface area contributed by atoms with Crippen LogP contribution >= 0.6 is 0 Å². The van der Waals surface area contributed by atoms with Crippen LogP contribution in [0.5, 0.6) is 11.5 Å². The van der Waals surface area contributed by atoms with Crippen LogP contribution in [-0.2, 0) is 16.1 Å². The van der Waals surface area contributed by atoms with Crippen molar-refractivity contribution in [2.24, 2.45) is 5.92 Å². The second-order valence-corrected chi connectivity index (χ2v) is 5.70. The van der Waals surface area contributed by atoms with Crippen molar-refractivity contribution < 1.29 is 19.0 Å². The Labute approximate surface area is 132 Å². The molecule has 0 saturated carbocycles. The van der Waals surface area contributed by atoms with Gasteiger partial charge in [0.25, 0.3) is 0 Å². The molecule has 0 radical (unpaired) electrons. The number of carbonyl (C=O) groups is 1. The van der Waals surface area contributed by atoms with Crippen LogP contribution in [0.25, 0.3) is 0 Å². The molecule has 22 heavy (non-hydrogen) atoms. The minimum absolute atomic E-state index is 0.0125. The zero-order valence-corrected chi connectivity index (χ0v) is 13.8. The molecule has 122 valence electrons. The molecule has 1 aliphatic rings. The first-order valence-corrected chi connectivity index (χ1v) is 7.64. The van der Waals surface area contributed by atoms with Gasteiger partial charge in [-0.25, -0.2) is 0 Å². The van der Waals surface area contributed by atoms with Gasteiger partial charge in [0, 0.05) is 31.8 Å². The molecular weight excluding hydrogens is 282 g/mol. The topological polar surface area (TPSA) is 48.0 Å². The van der Waals surface area contributed by atoms with Gasteiger partial charge in [-0.05, 0) is 31.9 Å². The molecular formula is C17H25NO4. The van der Waals surface area contributed by atoms with Crippen molar-refractivity contribution in [3.05, 3.63) is 23.8 Å². The van der Waals surface area contributed by atoms with E-state index in [1.807, 2.05) is 32.2 Å². The molecule has 2 rings (SSSR count). The standard InChI is InChI=1S/C17H25NO4/c1-12-15(6-5-9-22-12)17(19)18(2)11-13-7-8-14(20-3)10-16(13)21-4/h7-8,10,12,15H,5-6,9,11H2,1-4H3/t12-,15+/m1/s1. The van der Waals surface area contributed by atoms with Crippen molar-refractivity contribution in [2.45, 2.75) is 32.4 Å². The third-order valence-corrected chi connectivity index (χ3v) is 4.20. The predicted octanol–water partition coefficient (Wildman–Crippen LogP) is 2.48. The minimum atomic E-state index is -0.0528. The van der Waals surface area contributed by atoms with E-state index in [0.29, 0.717) is 6.54 Å². The van der Waals surface area contributed by atoms with Crippen LogP contribution in [0.15, 0.2) is 18.2 Å². The zero-order chi connectivity index (χ0) is 16.1. The van der Waals surface area contributed by atoms with E-state index in [0.717, 1.165) is 36.5 Å². The molecule has 5 nitrogen and oxygen atoms in total. The largest absolute Gasteiger partial charge is 0.497 e. The predicted molar refractivity (Wildman–Crippen MR) is 84.2 cm³/mol. The summed E-state index contributed by atoms with van der Waals surface area (Å²) in [5.41, 5.74) is 0.962. The summed E-state index contributed by atoms with van der Waals surface area (Å²) in [6, 6.07) is 5.64. The van der Waals surface area contributed by atoms with Crippen LogP contribution in [0.2, 0.25) is 0 Å². The summed E-state index contributed by atoms with van der Waals surface area (Å²) in [6.45, 7) is 3.24. The maximum Gasteiger partial charge on any atom is 0.228 e. The summed E-state index contributed by atoms with van der Waals surface area (Å²) < 4.78 is 16.2. The SMILES string of the molecule is COc1ccc(CN(C)C(=O)[C@H]2CCCO[C@@H]2C)c(OC)c1. The van der Waals surface area contributed by atoms with E-state index >= 15 is 0 Å². The summed E-state index contributed by atoms with van der Waals surface area (Å²) in [4.78, 5) is 14.4. The zero-order valence-electron chi connectivity index (χ0n) is 13.8. The molecule has 1 aliphatic heterocycles. The van der Waals surface area contributed by atoms with Crippen LogP contribution in [0.1, 0.15) is 25.3 Å². The van der Waals surface area contributed by atoms with Gasteiger partial charge in [0.15, 0.2) is 0 Å². The van der Waals surface area contributed by atoms with Crippen molar-refractivity contribution in [3.8, 4) is 11.5 Å². The first-order valence-electron chi connectivity index (χ1n) is 7.64. The van der Waals surface area contributed by atoms with E-state index in [2.05, 4.69) is 0 Å². The van der Waals surface area contributed by atoms with Crippen molar-refractivity contribution in [1.82, 2.24) is 4.90 Å². The number of amides is 1. The first-order chi connectivity index (χ1) is 10.6. The lowest BCUT2D eigenvalue weighted by atomic mass is 9.94. The van der Waals surface area contributed by atoms with Gasteiger partial charge >= 0.3 is 0 Å². The van der Waals surface area contributed by atoms with Gasteiger partial charge < -0.3 is 19.1 Å². The Balaban J connectivity index is 2.07. The summed E-state index contributed by atoms with van der Waals surface area (Å²) in [7, 11) is 5.07. The van der Waals surface area contributed by atoms with Gasteiger partial charge in [0.05, 0.1) is 26.2 Å². The second kappa shape index (κ2) is 7.49. The molecule has 5 heteroatoms. The fraction of sp³-hybridized carbons (Fsp3) is 0.588. The number of benzene rings is 1. The number of rotatable bonds is 5. The van der Waals surface area contributed by atoms with Gasteiger partial charge in [-0.1, -0.05) is 0 Å². The Morgan fingerprint density at radius 2 is 2.14 bits per heavy atom. The number of carbonyl (C=O) groups excluding carboxylic acids is 1. The molecule has 0 unspecified atom stereocenters. The van der Waals surface area contributed by atoms with Crippen LogP contribution in [-0.4, -0.2) is 44.8 Å². The lowest BCUT2D eigenvalue weighted by molar-refractivity contribution is -0.143. The van der Waals surface area contributed by atoms with Crippen LogP contribution in [0.3, 0.4) is 0 Å². The van der Waals surface area contributed by atoms with Crippen LogP contribution in [0, 0.1) is 5.92 Å². The van der Waals surface area contributed by atoms with Crippen LogP contribution < -0.4 is 9.47 Å². The molecule has 1 aromatic carbocycles. The highest BCUT2D eigenvalue weighted by molar-refractivity contribution is 5.79. The third kappa shape index (κ3) is 3.71. The molecule has 0 N–H and O–H groups in total. The number of hydrogen-bond donors (Lipinski definition) is 0. The number of ether oxygens (including phenoxy) is 3. The van der Waals surface area contributed by atoms with Crippen LogP contribution in [0.4, 0.5) is 0 Å². The molecule has 0 bridgehead atoms. The fourth-order valence-electron chi connectivity index (χ4n) is 2.85. The van der Waals surface area contributed by atoms with E-state index in [9.17, 15) is 4.79 Å². The normalized spacial score (nSPS) is 21.3. The third-order valence-electron chi connectivity index (χ3n) is 4.20. The van der Waals surface area contributed by atoms with Gasteiger partial charge in [-0.3, -0.25) is 4.79 Å². The molecule has 1 amide bonds. The van der Waals surface area contributed by atoms with Crippen molar-refractivity contribution in [3.63, 3.8) is 0 Å². The Bertz CT molecular complexity index is 517. The average molecular weight is 307 g/mol. The first kappa shape index (κ1) is 16.6. The smallest absolute Gasteiger partial charge is 0.228 e. The summed E-state index contributed by atoms with van der Waals surface area (Å²) >= 11 is 0. The molecule has 0 aliphatic carbocycles. The highest BCUT2D eigenvalue weighted by Gasteiger charge is 2.30. The Morgan fingerprint density at radius 1 is 1.36 bits per heavy atom. The molecule has 0 spiro atoms.